The molecule has 0 spiro atoms. The first-order valence-electron chi connectivity index (χ1n) is 4.87. The van der Waals surface area contributed by atoms with Crippen LogP contribution in [0.15, 0.2) is 15.9 Å². The van der Waals surface area contributed by atoms with Gasteiger partial charge in [-0.1, -0.05) is 13.8 Å². The molecule has 0 bridgehead atoms. The first-order valence-corrected chi connectivity index (χ1v) is 6.48. The second-order valence-electron chi connectivity index (χ2n) is 3.85. The molecule has 0 aliphatic carbocycles. The Kier molecular flexibility index (Phi) is 4.80. The molecule has 1 aromatic rings. The zero-order valence-corrected chi connectivity index (χ0v) is 11.5. The Labute approximate surface area is 103 Å². The van der Waals surface area contributed by atoms with Crippen LogP contribution in [0.25, 0.3) is 0 Å². The number of rotatable bonds is 4. The fourth-order valence-corrected chi connectivity index (χ4v) is 2.98. The molecule has 0 fully saturated rings. The zero-order chi connectivity index (χ0) is 11.4. The average Bonchev–Trinajstić information content (AvgIpc) is 2.59. The van der Waals surface area contributed by atoms with E-state index in [1.165, 1.54) is 7.11 Å². The van der Waals surface area contributed by atoms with Crippen molar-refractivity contribution in [1.82, 2.24) is 0 Å². The maximum absolute atomic E-state index is 11.6. The number of hydrogen-bond donors (Lipinski definition) is 0. The number of hydrogen-bond acceptors (Lipinski definition) is 3. The molecule has 0 N–H and O–H groups in total. The topological polar surface area (TPSA) is 26.3 Å². The second kappa shape index (κ2) is 5.66. The summed E-state index contributed by atoms with van der Waals surface area (Å²) in [7, 11) is 1.44. The van der Waals surface area contributed by atoms with Crippen LogP contribution in [0.5, 0.6) is 0 Å². The molecule has 1 atom stereocenters. The van der Waals surface area contributed by atoms with Gasteiger partial charge in [0.2, 0.25) is 0 Å². The van der Waals surface area contributed by atoms with Crippen molar-refractivity contribution in [2.45, 2.75) is 26.2 Å². The number of methoxy groups -OCH3 is 1. The Morgan fingerprint density at radius 2 is 2.20 bits per heavy atom. The summed E-state index contributed by atoms with van der Waals surface area (Å²) in [5, 5.41) is 0. The molecule has 0 aromatic carbocycles. The summed E-state index contributed by atoms with van der Waals surface area (Å²) in [6.45, 7) is 4.22. The van der Waals surface area contributed by atoms with Gasteiger partial charge in [0.05, 0.1) is 16.8 Å². The minimum Gasteiger partial charge on any atom is -0.469 e. The van der Waals surface area contributed by atoms with Gasteiger partial charge in [-0.15, -0.1) is 11.3 Å². The van der Waals surface area contributed by atoms with Crippen LogP contribution >= 0.6 is 27.3 Å². The number of halogens is 1. The van der Waals surface area contributed by atoms with Crippen molar-refractivity contribution in [2.75, 3.05) is 7.11 Å². The van der Waals surface area contributed by atoms with Crippen molar-refractivity contribution in [3.8, 4) is 0 Å². The standard InChI is InChI=1S/C11H15BrO2S/c1-7(2)6-8(11(13)14-3)9-4-5-10(12)15-9/h4-5,7-8H,6H2,1-3H3. The van der Waals surface area contributed by atoms with E-state index in [2.05, 4.69) is 29.8 Å². The van der Waals surface area contributed by atoms with Crippen molar-refractivity contribution in [3.63, 3.8) is 0 Å². The third kappa shape index (κ3) is 3.61. The van der Waals surface area contributed by atoms with Crippen molar-refractivity contribution in [3.05, 3.63) is 20.8 Å². The summed E-state index contributed by atoms with van der Waals surface area (Å²) in [6, 6.07) is 3.95. The SMILES string of the molecule is COC(=O)C(CC(C)C)c1ccc(Br)s1. The summed E-state index contributed by atoms with van der Waals surface area (Å²) in [5.41, 5.74) is 0. The predicted molar refractivity (Wildman–Crippen MR) is 66.2 cm³/mol. The highest BCUT2D eigenvalue weighted by molar-refractivity contribution is 9.11. The lowest BCUT2D eigenvalue weighted by Crippen LogP contribution is -2.15. The Morgan fingerprint density at radius 3 is 2.60 bits per heavy atom. The molecule has 1 heterocycles. The van der Waals surface area contributed by atoms with Crippen LogP contribution in [-0.4, -0.2) is 13.1 Å². The molecule has 15 heavy (non-hydrogen) atoms. The molecule has 84 valence electrons. The van der Waals surface area contributed by atoms with Gasteiger partial charge in [-0.05, 0) is 40.4 Å². The Balaban J connectivity index is 2.85. The van der Waals surface area contributed by atoms with Gasteiger partial charge in [-0.25, -0.2) is 0 Å². The lowest BCUT2D eigenvalue weighted by molar-refractivity contribution is -0.142. The van der Waals surface area contributed by atoms with Crippen LogP contribution in [-0.2, 0) is 9.53 Å². The minimum absolute atomic E-state index is 0.119. The van der Waals surface area contributed by atoms with Gasteiger partial charge < -0.3 is 4.74 Å². The number of carbonyl (C=O) groups is 1. The second-order valence-corrected chi connectivity index (χ2v) is 6.34. The van der Waals surface area contributed by atoms with Crippen molar-refractivity contribution in [1.29, 1.82) is 0 Å². The van der Waals surface area contributed by atoms with Crippen LogP contribution in [0.4, 0.5) is 0 Å². The molecule has 0 aliphatic heterocycles. The molecule has 2 nitrogen and oxygen atoms in total. The van der Waals surface area contributed by atoms with E-state index in [0.29, 0.717) is 5.92 Å². The van der Waals surface area contributed by atoms with Gasteiger partial charge in [0.25, 0.3) is 0 Å². The van der Waals surface area contributed by atoms with E-state index in [9.17, 15) is 4.79 Å². The molecule has 1 unspecified atom stereocenters. The van der Waals surface area contributed by atoms with Crippen molar-refractivity contribution in [2.24, 2.45) is 5.92 Å². The first-order chi connectivity index (χ1) is 7.04. The quantitative estimate of drug-likeness (QED) is 0.788. The highest BCUT2D eigenvalue weighted by atomic mass is 79.9. The summed E-state index contributed by atoms with van der Waals surface area (Å²) in [6.07, 6.45) is 0.833. The molecule has 4 heteroatoms. The van der Waals surface area contributed by atoms with Crippen molar-refractivity contribution >= 4 is 33.2 Å². The lowest BCUT2D eigenvalue weighted by atomic mass is 9.96. The molecule has 0 aliphatic rings. The van der Waals surface area contributed by atoms with Crippen LogP contribution < -0.4 is 0 Å². The largest absolute Gasteiger partial charge is 0.469 e. The average molecular weight is 291 g/mol. The molecule has 0 saturated carbocycles. The number of thiophene rings is 1. The summed E-state index contributed by atoms with van der Waals surface area (Å²) < 4.78 is 5.88. The lowest BCUT2D eigenvalue weighted by Gasteiger charge is -2.14. The fourth-order valence-electron chi connectivity index (χ4n) is 1.46. The van der Waals surface area contributed by atoms with Gasteiger partial charge in [0.15, 0.2) is 0 Å². The summed E-state index contributed by atoms with van der Waals surface area (Å²) in [5.74, 6) is 0.222. The molecule has 1 rings (SSSR count). The highest BCUT2D eigenvalue weighted by Crippen LogP contribution is 2.33. The summed E-state index contributed by atoms with van der Waals surface area (Å²) >= 11 is 5.00. The van der Waals surface area contributed by atoms with Gasteiger partial charge in [-0.3, -0.25) is 4.79 Å². The smallest absolute Gasteiger partial charge is 0.313 e. The Bertz CT molecular complexity index is 333. The van der Waals surface area contributed by atoms with E-state index >= 15 is 0 Å². The van der Waals surface area contributed by atoms with Gasteiger partial charge >= 0.3 is 5.97 Å². The Morgan fingerprint density at radius 1 is 1.53 bits per heavy atom. The van der Waals surface area contributed by atoms with Crippen LogP contribution in [0.2, 0.25) is 0 Å². The fraction of sp³-hybridized carbons (Fsp3) is 0.545. The number of carbonyl (C=O) groups excluding carboxylic acids is 1. The molecule has 1 aromatic heterocycles. The number of esters is 1. The maximum Gasteiger partial charge on any atom is 0.313 e. The van der Waals surface area contributed by atoms with Gasteiger partial charge in [0.1, 0.15) is 0 Å². The van der Waals surface area contributed by atoms with Crippen LogP contribution in [0, 0.1) is 5.92 Å². The summed E-state index contributed by atoms with van der Waals surface area (Å²) in [4.78, 5) is 12.7. The van der Waals surface area contributed by atoms with E-state index in [1.54, 1.807) is 11.3 Å². The van der Waals surface area contributed by atoms with Gasteiger partial charge in [0, 0.05) is 4.88 Å². The van der Waals surface area contributed by atoms with Crippen LogP contribution in [0.3, 0.4) is 0 Å². The highest BCUT2D eigenvalue weighted by Gasteiger charge is 2.23. The maximum atomic E-state index is 11.6. The van der Waals surface area contributed by atoms with Gasteiger partial charge in [-0.2, -0.15) is 0 Å². The van der Waals surface area contributed by atoms with E-state index in [4.69, 9.17) is 4.74 Å². The van der Waals surface area contributed by atoms with Crippen LogP contribution in [0.1, 0.15) is 31.1 Å². The first kappa shape index (κ1) is 12.7. The molecule has 0 amide bonds. The van der Waals surface area contributed by atoms with E-state index in [1.807, 2.05) is 12.1 Å². The normalized spacial score (nSPS) is 12.9. The predicted octanol–water partition coefficient (Wildman–Crippen LogP) is 3.81. The van der Waals surface area contributed by atoms with E-state index in [-0.39, 0.29) is 11.9 Å². The van der Waals surface area contributed by atoms with Crippen molar-refractivity contribution < 1.29 is 9.53 Å². The zero-order valence-electron chi connectivity index (χ0n) is 9.12. The third-order valence-electron chi connectivity index (χ3n) is 2.13. The molecular weight excluding hydrogens is 276 g/mol. The minimum atomic E-state index is -0.141. The van der Waals surface area contributed by atoms with E-state index in [0.717, 1.165) is 15.1 Å². The molecule has 0 radical (unpaired) electrons. The number of ether oxygens (including phenoxy) is 1. The monoisotopic (exact) mass is 290 g/mol. The molecular formula is C11H15BrO2S. The Hall–Kier alpha value is -0.350. The molecule has 0 saturated heterocycles. The third-order valence-corrected chi connectivity index (χ3v) is 3.87. The van der Waals surface area contributed by atoms with E-state index < -0.39 is 0 Å².